The average Bonchev–Trinajstić information content (AvgIpc) is 3.53. The van der Waals surface area contributed by atoms with E-state index in [9.17, 15) is 19.2 Å². The summed E-state index contributed by atoms with van der Waals surface area (Å²) in [5.74, 6) is -0.851. The Balaban J connectivity index is 0.000000704. The van der Waals surface area contributed by atoms with E-state index >= 15 is 0 Å². The van der Waals surface area contributed by atoms with Crippen LogP contribution in [-0.2, 0) is 23.9 Å². The van der Waals surface area contributed by atoms with Crippen molar-refractivity contribution in [3.8, 4) is 0 Å². The summed E-state index contributed by atoms with van der Waals surface area (Å²) in [6.07, 6.45) is 8.65. The van der Waals surface area contributed by atoms with Crippen molar-refractivity contribution >= 4 is 24.2 Å². The number of likely N-dealkylation sites (N-methyl/N-ethyl adjacent to an activating group) is 1. The molecule has 1 aromatic carbocycles. The lowest BCUT2D eigenvalue weighted by Crippen LogP contribution is -2.45. The zero-order valence-electron chi connectivity index (χ0n) is 29.4. The Hall–Kier alpha value is -3.20. The second-order valence-corrected chi connectivity index (χ2v) is 12.6. The lowest BCUT2D eigenvalue weighted by Gasteiger charge is -2.30. The van der Waals surface area contributed by atoms with Crippen molar-refractivity contribution in [1.29, 1.82) is 0 Å². The topological polar surface area (TPSA) is 99.3 Å². The fourth-order valence-electron chi connectivity index (χ4n) is 5.46. The third kappa shape index (κ3) is 13.8. The van der Waals surface area contributed by atoms with Gasteiger partial charge >= 0.3 is 5.97 Å². The van der Waals surface area contributed by atoms with Gasteiger partial charge in [0.15, 0.2) is 0 Å². The summed E-state index contributed by atoms with van der Waals surface area (Å²) < 4.78 is 5.67. The van der Waals surface area contributed by atoms with Gasteiger partial charge in [0.2, 0.25) is 18.2 Å². The quantitative estimate of drug-likeness (QED) is 0.190. The number of rotatable bonds is 11. The fraction of sp³-hybridized carbons (Fsp3) is 0.667. The first-order valence-corrected chi connectivity index (χ1v) is 16.8. The second kappa shape index (κ2) is 21.5. The molecule has 0 aromatic heterocycles. The monoisotopic (exact) mass is 628 g/mol. The Labute approximate surface area is 272 Å². The number of benzene rings is 1. The maximum Gasteiger partial charge on any atom is 0.329 e. The molecule has 2 aliphatic rings. The van der Waals surface area contributed by atoms with E-state index in [1.54, 1.807) is 24.9 Å². The summed E-state index contributed by atoms with van der Waals surface area (Å²) in [6, 6.07) is 9.29. The van der Waals surface area contributed by atoms with Crippen molar-refractivity contribution in [3.63, 3.8) is 0 Å². The largest absolute Gasteiger partial charge is 0.456 e. The highest BCUT2D eigenvalue weighted by Crippen LogP contribution is 2.25. The van der Waals surface area contributed by atoms with Gasteiger partial charge in [0.05, 0.1) is 12.6 Å². The van der Waals surface area contributed by atoms with E-state index < -0.39 is 18.1 Å². The van der Waals surface area contributed by atoms with Gasteiger partial charge in [-0.2, -0.15) is 0 Å². The van der Waals surface area contributed by atoms with Gasteiger partial charge in [0.25, 0.3) is 0 Å². The third-order valence-electron chi connectivity index (χ3n) is 8.09. The number of piperidine rings is 1. The number of nitrogens with zero attached hydrogens (tertiary/aromatic N) is 3. The summed E-state index contributed by atoms with van der Waals surface area (Å²) in [5.41, 5.74) is 1.36. The van der Waals surface area contributed by atoms with Crippen molar-refractivity contribution in [2.75, 3.05) is 33.2 Å². The Bertz CT molecular complexity index is 1050. The molecule has 0 saturated carbocycles. The number of hydrogen-bond acceptors (Lipinski definition) is 6. The minimum Gasteiger partial charge on any atom is -0.456 e. The summed E-state index contributed by atoms with van der Waals surface area (Å²) >= 11 is 0. The van der Waals surface area contributed by atoms with E-state index in [-0.39, 0.29) is 30.3 Å². The standard InChI is InChI=1S/C25H35N3O5.C8H17N.C3H8/c1-17(2)22(27(5)23(30)15-26-16-29)14-18(3)24(31)28-13-9-12-21(28)25(32)33-19(4)20-10-7-6-8-11-20;1-8(2)9-6-4-3-5-7-9;1-3-2/h6-8,10-11,14,16-17,19,21-22H,9,12-13,15H2,1-5H3,(H,26,29);8H,3-7H2,1-2H3;3H2,1-2H3/b18-14+;;/t19?,21-,22+;;/m0../s1. The summed E-state index contributed by atoms with van der Waals surface area (Å²) in [5, 5.41) is 2.37. The van der Waals surface area contributed by atoms with Crippen molar-refractivity contribution in [2.45, 2.75) is 118 Å². The van der Waals surface area contributed by atoms with Crippen LogP contribution in [0.5, 0.6) is 0 Å². The number of nitrogens with one attached hydrogen (secondary N) is 1. The molecule has 3 rings (SSSR count). The number of carbonyl (C=O) groups excluding carboxylic acids is 4. The van der Waals surface area contributed by atoms with E-state index in [2.05, 4.69) is 37.9 Å². The average molecular weight is 629 g/mol. The van der Waals surface area contributed by atoms with Crippen LogP contribution in [0.4, 0.5) is 0 Å². The summed E-state index contributed by atoms with van der Waals surface area (Å²) in [7, 11) is 1.65. The minimum absolute atomic E-state index is 0.0454. The van der Waals surface area contributed by atoms with Gasteiger partial charge in [-0.1, -0.05) is 76.9 Å². The number of carbonyl (C=O) groups is 4. The molecule has 0 aliphatic carbocycles. The van der Waals surface area contributed by atoms with Crippen molar-refractivity contribution in [3.05, 3.63) is 47.5 Å². The van der Waals surface area contributed by atoms with Gasteiger partial charge < -0.3 is 24.8 Å². The number of hydrogen-bond donors (Lipinski definition) is 1. The molecule has 0 radical (unpaired) electrons. The van der Waals surface area contributed by atoms with E-state index in [4.69, 9.17) is 4.74 Å². The molecular formula is C36H60N4O5. The number of amides is 3. The smallest absolute Gasteiger partial charge is 0.329 e. The fourth-order valence-corrected chi connectivity index (χ4v) is 5.46. The second-order valence-electron chi connectivity index (χ2n) is 12.6. The normalized spacial score (nSPS) is 18.2. The highest BCUT2D eigenvalue weighted by atomic mass is 16.5. The molecule has 0 bridgehead atoms. The Kier molecular flexibility index (Phi) is 19.0. The molecule has 2 aliphatic heterocycles. The number of likely N-dealkylation sites (tertiary alicyclic amines) is 2. The van der Waals surface area contributed by atoms with Crippen LogP contribution < -0.4 is 5.32 Å². The molecule has 3 amide bonds. The molecule has 254 valence electrons. The van der Waals surface area contributed by atoms with Gasteiger partial charge in [-0.25, -0.2) is 4.79 Å². The first-order valence-electron chi connectivity index (χ1n) is 16.8. The predicted octanol–water partition coefficient (Wildman–Crippen LogP) is 5.75. The van der Waals surface area contributed by atoms with Crippen LogP contribution in [0, 0.1) is 5.92 Å². The van der Waals surface area contributed by atoms with Crippen LogP contribution in [0.15, 0.2) is 42.0 Å². The Morgan fingerprint density at radius 1 is 0.978 bits per heavy atom. The van der Waals surface area contributed by atoms with E-state index in [1.165, 1.54) is 43.7 Å². The molecule has 1 N–H and O–H groups in total. The first kappa shape index (κ1) is 39.8. The number of ether oxygens (including phenoxy) is 1. The predicted molar refractivity (Wildman–Crippen MR) is 181 cm³/mol. The van der Waals surface area contributed by atoms with E-state index in [0.29, 0.717) is 24.9 Å². The molecule has 2 saturated heterocycles. The van der Waals surface area contributed by atoms with E-state index in [0.717, 1.165) is 18.0 Å². The van der Waals surface area contributed by atoms with Crippen LogP contribution in [0.3, 0.4) is 0 Å². The van der Waals surface area contributed by atoms with E-state index in [1.807, 2.05) is 51.1 Å². The van der Waals surface area contributed by atoms with Gasteiger partial charge in [-0.3, -0.25) is 14.4 Å². The maximum atomic E-state index is 13.2. The summed E-state index contributed by atoms with van der Waals surface area (Å²) in [4.78, 5) is 54.6. The van der Waals surface area contributed by atoms with Gasteiger partial charge in [0.1, 0.15) is 12.1 Å². The van der Waals surface area contributed by atoms with Gasteiger partial charge in [-0.05, 0) is 77.9 Å². The lowest BCUT2D eigenvalue weighted by molar-refractivity contribution is -0.156. The van der Waals surface area contributed by atoms with Gasteiger partial charge in [0, 0.05) is 25.2 Å². The molecule has 0 spiro atoms. The zero-order chi connectivity index (χ0) is 33.9. The maximum absolute atomic E-state index is 13.2. The molecule has 9 nitrogen and oxygen atoms in total. The van der Waals surface area contributed by atoms with Crippen LogP contribution in [-0.4, -0.2) is 90.2 Å². The molecule has 2 fully saturated rings. The molecule has 1 unspecified atom stereocenters. The molecule has 2 heterocycles. The summed E-state index contributed by atoms with van der Waals surface area (Å²) in [6.45, 7) is 19.3. The Morgan fingerprint density at radius 2 is 1.58 bits per heavy atom. The van der Waals surface area contributed by atoms with Crippen LogP contribution in [0.2, 0.25) is 0 Å². The third-order valence-corrected chi connectivity index (χ3v) is 8.09. The molecule has 3 atom stereocenters. The van der Waals surface area contributed by atoms with Crippen molar-refractivity contribution in [2.24, 2.45) is 5.92 Å². The lowest BCUT2D eigenvalue weighted by atomic mass is 9.99. The highest BCUT2D eigenvalue weighted by Gasteiger charge is 2.37. The zero-order valence-corrected chi connectivity index (χ0v) is 29.4. The molecular weight excluding hydrogens is 568 g/mol. The Morgan fingerprint density at radius 3 is 2.09 bits per heavy atom. The highest BCUT2D eigenvalue weighted by molar-refractivity contribution is 5.96. The first-order chi connectivity index (χ1) is 21.4. The SMILES string of the molecule is C/C(=C\[C@H](C(C)C)N(C)C(=O)CNC=O)C(=O)N1CCC[C@H]1C(=O)OC(C)c1ccccc1.CC(C)N1CCCCC1.CCC. The van der Waals surface area contributed by atoms with Crippen LogP contribution in [0.25, 0.3) is 0 Å². The minimum atomic E-state index is -0.624. The van der Waals surface area contributed by atoms with Gasteiger partial charge in [-0.15, -0.1) is 0 Å². The molecule has 9 heteroatoms. The molecule has 1 aromatic rings. The van der Waals surface area contributed by atoms with Crippen molar-refractivity contribution < 1.29 is 23.9 Å². The van der Waals surface area contributed by atoms with Crippen molar-refractivity contribution in [1.82, 2.24) is 20.0 Å². The van der Waals surface area contributed by atoms with Crippen LogP contribution >= 0.6 is 0 Å². The van der Waals surface area contributed by atoms with Crippen LogP contribution in [0.1, 0.15) is 106 Å². The molecule has 45 heavy (non-hydrogen) atoms. The number of esters is 1.